The number of carbonyl (C=O) groups is 2. The van der Waals surface area contributed by atoms with Gasteiger partial charge in [0.1, 0.15) is 5.78 Å². The van der Waals surface area contributed by atoms with Crippen molar-refractivity contribution in [3.8, 4) is 0 Å². The molecule has 142 valence electrons. The fourth-order valence-corrected chi connectivity index (χ4v) is 3.21. The van der Waals surface area contributed by atoms with Crippen molar-refractivity contribution in [2.75, 3.05) is 0 Å². The van der Waals surface area contributed by atoms with E-state index in [9.17, 15) is 19.8 Å². The van der Waals surface area contributed by atoms with Crippen molar-refractivity contribution in [2.45, 2.75) is 76.9 Å². The van der Waals surface area contributed by atoms with Gasteiger partial charge in [-0.25, -0.2) is 4.79 Å². The van der Waals surface area contributed by atoms with Gasteiger partial charge in [-0.05, 0) is 32.1 Å². The van der Waals surface area contributed by atoms with Crippen LogP contribution in [0.3, 0.4) is 0 Å². The number of rotatable bonds is 12. The van der Waals surface area contributed by atoms with Crippen LogP contribution in [0.1, 0.15) is 64.7 Å². The molecular formula is C20H32O5. The van der Waals surface area contributed by atoms with Crippen molar-refractivity contribution >= 4 is 11.8 Å². The molecule has 0 aromatic heterocycles. The summed E-state index contributed by atoms with van der Waals surface area (Å²) in [5.41, 5.74) is 0. The molecule has 5 nitrogen and oxygen atoms in total. The molecule has 1 saturated carbocycles. The maximum atomic E-state index is 12.1. The number of carboxylic acids is 1. The zero-order valence-electron chi connectivity index (χ0n) is 15.1. The molecule has 1 aliphatic carbocycles. The third-order valence-electron chi connectivity index (χ3n) is 4.76. The quantitative estimate of drug-likeness (QED) is 0.370. The van der Waals surface area contributed by atoms with Gasteiger partial charge in [-0.15, -0.1) is 0 Å². The van der Waals surface area contributed by atoms with Crippen LogP contribution in [-0.2, 0) is 9.59 Å². The number of carboxylic acid groups (broad SMARTS) is 1. The highest BCUT2D eigenvalue weighted by atomic mass is 16.4. The second kappa shape index (κ2) is 12.0. The van der Waals surface area contributed by atoms with Crippen LogP contribution in [0.2, 0.25) is 0 Å². The normalized spacial score (nSPS) is 25.2. The maximum absolute atomic E-state index is 12.1. The average molecular weight is 352 g/mol. The van der Waals surface area contributed by atoms with Crippen LogP contribution in [0.5, 0.6) is 0 Å². The summed E-state index contributed by atoms with van der Waals surface area (Å²) in [6.45, 7) is 2.18. The number of hydrogen-bond acceptors (Lipinski definition) is 4. The lowest BCUT2D eigenvalue weighted by Gasteiger charge is -2.15. The first-order chi connectivity index (χ1) is 12.0. The van der Waals surface area contributed by atoms with Gasteiger partial charge in [0.05, 0.1) is 6.10 Å². The van der Waals surface area contributed by atoms with Gasteiger partial charge in [-0.2, -0.15) is 0 Å². The summed E-state index contributed by atoms with van der Waals surface area (Å²) >= 11 is 0. The van der Waals surface area contributed by atoms with Crippen LogP contribution >= 0.6 is 0 Å². The van der Waals surface area contributed by atoms with Crippen LogP contribution in [0.15, 0.2) is 24.3 Å². The second-order valence-electron chi connectivity index (χ2n) is 6.84. The van der Waals surface area contributed by atoms with Gasteiger partial charge >= 0.3 is 5.97 Å². The molecule has 0 spiro atoms. The van der Waals surface area contributed by atoms with Crippen molar-refractivity contribution in [3.63, 3.8) is 0 Å². The Labute approximate surface area is 150 Å². The summed E-state index contributed by atoms with van der Waals surface area (Å²) in [5.74, 6) is -1.47. The summed E-state index contributed by atoms with van der Waals surface area (Å²) in [6.07, 6.45) is 12.9. The summed E-state index contributed by atoms with van der Waals surface area (Å²) in [5, 5.41) is 27.9. The molecule has 0 aromatic carbocycles. The summed E-state index contributed by atoms with van der Waals surface area (Å²) in [6, 6.07) is 0. The van der Waals surface area contributed by atoms with E-state index in [2.05, 4.69) is 13.0 Å². The molecule has 0 heterocycles. The zero-order chi connectivity index (χ0) is 18.7. The first-order valence-corrected chi connectivity index (χ1v) is 9.40. The molecule has 1 rings (SSSR count). The molecule has 3 N–H and O–H groups in total. The number of aliphatic hydroxyl groups is 2. The van der Waals surface area contributed by atoms with E-state index < -0.39 is 18.2 Å². The van der Waals surface area contributed by atoms with E-state index in [1.54, 1.807) is 6.08 Å². The monoisotopic (exact) mass is 352 g/mol. The Hall–Kier alpha value is -1.46. The van der Waals surface area contributed by atoms with Crippen LogP contribution in [-0.4, -0.2) is 39.3 Å². The molecule has 4 atom stereocenters. The number of Topliss-reactive ketones (excluding diaryl/α,β-unsaturated/α-hetero) is 1. The molecule has 0 bridgehead atoms. The molecule has 0 radical (unpaired) electrons. The van der Waals surface area contributed by atoms with Crippen molar-refractivity contribution in [2.24, 2.45) is 11.8 Å². The predicted molar refractivity (Wildman–Crippen MR) is 97.1 cm³/mol. The van der Waals surface area contributed by atoms with Gasteiger partial charge in [0, 0.05) is 18.3 Å². The molecule has 0 aromatic rings. The number of ketones is 1. The number of hydrogen-bond donors (Lipinski definition) is 3. The Morgan fingerprint density at radius 3 is 2.64 bits per heavy atom. The lowest BCUT2D eigenvalue weighted by Crippen LogP contribution is -2.18. The van der Waals surface area contributed by atoms with E-state index in [0.717, 1.165) is 12.8 Å². The lowest BCUT2D eigenvalue weighted by molar-refractivity contribution is -0.146. The number of aliphatic hydroxyl groups excluding tert-OH is 2. The topological polar surface area (TPSA) is 94.8 Å². The second-order valence-corrected chi connectivity index (χ2v) is 6.84. The molecule has 1 fully saturated rings. The minimum Gasteiger partial charge on any atom is -0.479 e. The smallest absolute Gasteiger partial charge is 0.332 e. The predicted octanol–water partition coefficient (Wildman–Crippen LogP) is 3.25. The number of aliphatic carboxylic acids is 1. The fraction of sp³-hybridized carbons (Fsp3) is 0.700. The van der Waals surface area contributed by atoms with Crippen molar-refractivity contribution in [3.05, 3.63) is 24.3 Å². The van der Waals surface area contributed by atoms with Gasteiger partial charge in [-0.1, -0.05) is 50.5 Å². The van der Waals surface area contributed by atoms with E-state index >= 15 is 0 Å². The number of unbranched alkanes of at least 4 members (excludes halogenated alkanes) is 4. The Bertz CT molecular complexity index is 469. The standard InChI is InChI=1S/C20H32O5/c1-2-3-4-5-6-8-11-15-16(19(23)14-18(15)22)12-9-7-10-13-17(21)20(24)25/h7-9,11,15-18,21-22H,2-6,10,12-14H2,1H3,(H,24,25)/b9-7-,11-8+/t15-,16+,17?,18-/m1/s1. The Morgan fingerprint density at radius 2 is 1.96 bits per heavy atom. The highest BCUT2D eigenvalue weighted by Crippen LogP contribution is 2.33. The van der Waals surface area contributed by atoms with Gasteiger partial charge in [-0.3, -0.25) is 4.79 Å². The SMILES string of the molecule is CCCCCC/C=C/[C@H]1[C@H](O)CC(=O)[C@H]1C/C=C\CCC(O)C(=O)O. The van der Waals surface area contributed by atoms with Gasteiger partial charge in [0.25, 0.3) is 0 Å². The van der Waals surface area contributed by atoms with Crippen molar-refractivity contribution < 1.29 is 24.9 Å². The minimum atomic E-state index is -1.34. The van der Waals surface area contributed by atoms with Gasteiger partial charge in [0.2, 0.25) is 0 Å². The summed E-state index contributed by atoms with van der Waals surface area (Å²) in [4.78, 5) is 22.6. The van der Waals surface area contributed by atoms with Crippen LogP contribution in [0.4, 0.5) is 0 Å². The maximum Gasteiger partial charge on any atom is 0.332 e. The average Bonchev–Trinajstić information content (AvgIpc) is 2.83. The molecule has 0 aliphatic heterocycles. The first-order valence-electron chi connectivity index (χ1n) is 9.40. The van der Waals surface area contributed by atoms with Gasteiger partial charge < -0.3 is 15.3 Å². The molecule has 1 unspecified atom stereocenters. The minimum absolute atomic E-state index is 0.0864. The third kappa shape index (κ3) is 7.97. The van der Waals surface area contributed by atoms with E-state index in [4.69, 9.17) is 5.11 Å². The Balaban J connectivity index is 2.42. The largest absolute Gasteiger partial charge is 0.479 e. The summed E-state index contributed by atoms with van der Waals surface area (Å²) < 4.78 is 0. The van der Waals surface area contributed by atoms with E-state index in [-0.39, 0.29) is 30.5 Å². The van der Waals surface area contributed by atoms with Gasteiger partial charge in [0.15, 0.2) is 6.10 Å². The Morgan fingerprint density at radius 1 is 1.20 bits per heavy atom. The Kier molecular flexibility index (Phi) is 10.3. The third-order valence-corrected chi connectivity index (χ3v) is 4.76. The molecule has 5 heteroatoms. The van der Waals surface area contributed by atoms with Crippen LogP contribution in [0, 0.1) is 11.8 Å². The summed E-state index contributed by atoms with van der Waals surface area (Å²) in [7, 11) is 0. The van der Waals surface area contributed by atoms with Crippen LogP contribution in [0.25, 0.3) is 0 Å². The highest BCUT2D eigenvalue weighted by molar-refractivity contribution is 5.84. The van der Waals surface area contributed by atoms with Crippen LogP contribution < -0.4 is 0 Å². The molecule has 0 amide bonds. The van der Waals surface area contributed by atoms with E-state index in [0.29, 0.717) is 12.8 Å². The lowest BCUT2D eigenvalue weighted by atomic mass is 9.90. The van der Waals surface area contributed by atoms with Crippen molar-refractivity contribution in [1.29, 1.82) is 0 Å². The fourth-order valence-electron chi connectivity index (χ4n) is 3.21. The zero-order valence-corrected chi connectivity index (χ0v) is 15.1. The number of carbonyl (C=O) groups excluding carboxylic acids is 1. The number of allylic oxidation sites excluding steroid dienone is 3. The molecule has 0 saturated heterocycles. The molecule has 1 aliphatic rings. The first kappa shape index (κ1) is 21.6. The molecule has 25 heavy (non-hydrogen) atoms. The van der Waals surface area contributed by atoms with E-state index in [1.165, 1.54) is 19.3 Å². The van der Waals surface area contributed by atoms with E-state index in [1.807, 2.05) is 12.2 Å². The van der Waals surface area contributed by atoms with Crippen molar-refractivity contribution in [1.82, 2.24) is 0 Å². The highest BCUT2D eigenvalue weighted by Gasteiger charge is 2.38. The molecular weight excluding hydrogens is 320 g/mol.